The number of halogens is 1. The molecule has 0 spiro atoms. The van der Waals surface area contributed by atoms with Crippen LogP contribution in [-0.2, 0) is 13.0 Å². The third-order valence-electron chi connectivity index (χ3n) is 4.93. The van der Waals surface area contributed by atoms with Crippen LogP contribution in [0.5, 0.6) is 0 Å². The number of nitrogens with one attached hydrogen (secondary N) is 1. The largest absolute Gasteiger partial charge is 1.00 e. The van der Waals surface area contributed by atoms with E-state index in [-0.39, 0.29) is 23.0 Å². The molecular weight excluding hydrogens is 354 g/mol. The molecule has 0 unspecified atom stereocenters. The summed E-state index contributed by atoms with van der Waals surface area (Å²) in [6.07, 6.45) is 4.54. The average molecular weight is 382 g/mol. The lowest BCUT2D eigenvalue weighted by Gasteiger charge is -2.15. The SMILES string of the molecule is C[NH+](C)CCCn1c(CCN2CCCC2)nc2cc([N+](=O)[O-])ccc21.[Cl-]. The number of hydrogen-bond acceptors (Lipinski definition) is 4. The maximum absolute atomic E-state index is 11.0. The average Bonchev–Trinajstić information content (AvgIpc) is 3.20. The van der Waals surface area contributed by atoms with Crippen molar-refractivity contribution in [1.29, 1.82) is 0 Å². The lowest BCUT2D eigenvalue weighted by Crippen LogP contribution is -3.05. The zero-order chi connectivity index (χ0) is 17.8. The van der Waals surface area contributed by atoms with Gasteiger partial charge in [0.25, 0.3) is 5.69 Å². The quantitative estimate of drug-likeness (QED) is 0.429. The molecule has 1 aromatic heterocycles. The number of aromatic nitrogens is 2. The Morgan fingerprint density at radius 2 is 1.96 bits per heavy atom. The van der Waals surface area contributed by atoms with Gasteiger partial charge in [-0.15, -0.1) is 0 Å². The number of non-ortho nitro benzene ring substituents is 1. The van der Waals surface area contributed by atoms with Gasteiger partial charge < -0.3 is 26.8 Å². The molecule has 0 radical (unpaired) electrons. The second-order valence-electron chi connectivity index (χ2n) is 7.22. The first-order valence-corrected chi connectivity index (χ1v) is 9.19. The van der Waals surface area contributed by atoms with E-state index in [2.05, 4.69) is 23.6 Å². The highest BCUT2D eigenvalue weighted by Gasteiger charge is 2.17. The lowest BCUT2D eigenvalue weighted by molar-refractivity contribution is -0.858. The van der Waals surface area contributed by atoms with Gasteiger partial charge >= 0.3 is 0 Å². The molecular formula is C18H28ClN5O2. The van der Waals surface area contributed by atoms with E-state index in [9.17, 15) is 10.1 Å². The van der Waals surface area contributed by atoms with Gasteiger partial charge in [-0.3, -0.25) is 10.1 Å². The number of nitro groups is 1. The monoisotopic (exact) mass is 381 g/mol. The lowest BCUT2D eigenvalue weighted by atomic mass is 10.2. The number of nitrogens with zero attached hydrogens (tertiary/aromatic N) is 4. The van der Waals surface area contributed by atoms with E-state index in [1.54, 1.807) is 12.1 Å². The number of likely N-dealkylation sites (tertiary alicyclic amines) is 1. The zero-order valence-corrected chi connectivity index (χ0v) is 16.3. The van der Waals surface area contributed by atoms with Crippen LogP contribution in [0, 0.1) is 10.1 Å². The van der Waals surface area contributed by atoms with E-state index in [4.69, 9.17) is 4.98 Å². The fourth-order valence-corrected chi connectivity index (χ4v) is 3.58. The predicted octanol–water partition coefficient (Wildman–Crippen LogP) is -1.88. The molecule has 26 heavy (non-hydrogen) atoms. The summed E-state index contributed by atoms with van der Waals surface area (Å²) in [4.78, 5) is 19.3. The number of imidazole rings is 1. The molecule has 1 saturated heterocycles. The van der Waals surface area contributed by atoms with Crippen LogP contribution < -0.4 is 17.3 Å². The van der Waals surface area contributed by atoms with E-state index >= 15 is 0 Å². The summed E-state index contributed by atoms with van der Waals surface area (Å²) in [7, 11) is 4.31. The van der Waals surface area contributed by atoms with Gasteiger partial charge in [0.15, 0.2) is 0 Å². The number of quaternary nitrogens is 1. The number of hydrogen-bond donors (Lipinski definition) is 1. The molecule has 3 rings (SSSR count). The standard InChI is InChI=1S/C18H27N5O2.ClH/c1-20(2)9-5-12-22-17-7-6-15(23(24)25)14-16(17)19-18(22)8-13-21-10-3-4-11-21;/h6-7,14H,3-5,8-13H2,1-2H3;1H. The highest BCUT2D eigenvalue weighted by atomic mass is 35.5. The van der Waals surface area contributed by atoms with Gasteiger partial charge in [0.2, 0.25) is 0 Å². The van der Waals surface area contributed by atoms with Crippen LogP contribution in [0.2, 0.25) is 0 Å². The molecule has 1 fully saturated rings. The summed E-state index contributed by atoms with van der Waals surface area (Å²) in [5, 5.41) is 11.0. The van der Waals surface area contributed by atoms with Crippen LogP contribution in [0.3, 0.4) is 0 Å². The Labute approximate surface area is 160 Å². The Morgan fingerprint density at radius 1 is 1.23 bits per heavy atom. The maximum atomic E-state index is 11.0. The molecule has 1 aliphatic rings. The van der Waals surface area contributed by atoms with E-state index in [0.29, 0.717) is 0 Å². The van der Waals surface area contributed by atoms with Gasteiger partial charge in [0.1, 0.15) is 5.82 Å². The van der Waals surface area contributed by atoms with Crippen LogP contribution in [0.25, 0.3) is 11.0 Å². The highest BCUT2D eigenvalue weighted by Crippen LogP contribution is 2.23. The van der Waals surface area contributed by atoms with Gasteiger partial charge in [-0.25, -0.2) is 4.98 Å². The number of aryl methyl sites for hydroxylation is 1. The van der Waals surface area contributed by atoms with Crippen LogP contribution in [0.4, 0.5) is 5.69 Å². The predicted molar refractivity (Wildman–Crippen MR) is 98.1 cm³/mol. The third-order valence-corrected chi connectivity index (χ3v) is 4.93. The second kappa shape index (κ2) is 9.30. The van der Waals surface area contributed by atoms with E-state index in [1.807, 2.05) is 6.07 Å². The van der Waals surface area contributed by atoms with Crippen molar-refractivity contribution in [3.8, 4) is 0 Å². The fraction of sp³-hybridized carbons (Fsp3) is 0.611. The number of benzene rings is 1. The number of nitro benzene ring substituents is 1. The number of rotatable bonds is 8. The Hall–Kier alpha value is -1.70. The maximum Gasteiger partial charge on any atom is 0.271 e. The molecule has 2 aromatic rings. The molecule has 8 heteroatoms. The van der Waals surface area contributed by atoms with Crippen molar-refractivity contribution in [1.82, 2.24) is 14.5 Å². The van der Waals surface area contributed by atoms with Gasteiger partial charge in [-0.2, -0.15) is 0 Å². The summed E-state index contributed by atoms with van der Waals surface area (Å²) < 4.78 is 2.26. The Balaban J connectivity index is 0.00000243. The normalized spacial score (nSPS) is 14.9. The second-order valence-corrected chi connectivity index (χ2v) is 7.22. The molecule has 144 valence electrons. The molecule has 1 aliphatic heterocycles. The first kappa shape index (κ1) is 20.6. The molecule has 0 aliphatic carbocycles. The number of fused-ring (bicyclic) bond motifs is 1. The summed E-state index contributed by atoms with van der Waals surface area (Å²) in [6.45, 7) is 5.38. The van der Waals surface area contributed by atoms with E-state index < -0.39 is 0 Å². The minimum absolute atomic E-state index is 0. The minimum atomic E-state index is -0.349. The summed E-state index contributed by atoms with van der Waals surface area (Å²) in [5.74, 6) is 1.05. The van der Waals surface area contributed by atoms with Crippen molar-refractivity contribution in [2.45, 2.75) is 32.2 Å². The zero-order valence-electron chi connectivity index (χ0n) is 15.6. The van der Waals surface area contributed by atoms with Gasteiger partial charge in [0, 0.05) is 38.1 Å². The smallest absolute Gasteiger partial charge is 0.271 e. The Kier molecular flexibility index (Phi) is 7.37. The summed E-state index contributed by atoms with van der Waals surface area (Å²) in [6, 6.07) is 5.03. The molecule has 0 amide bonds. The summed E-state index contributed by atoms with van der Waals surface area (Å²) in [5.41, 5.74) is 1.86. The van der Waals surface area contributed by atoms with E-state index in [0.717, 1.165) is 49.3 Å². The third kappa shape index (κ3) is 4.93. The Bertz CT molecular complexity index is 741. The van der Waals surface area contributed by atoms with Crippen molar-refractivity contribution in [3.63, 3.8) is 0 Å². The summed E-state index contributed by atoms with van der Waals surface area (Å²) >= 11 is 0. The van der Waals surface area contributed by atoms with Gasteiger partial charge in [-0.05, 0) is 32.0 Å². The minimum Gasteiger partial charge on any atom is -1.00 e. The van der Waals surface area contributed by atoms with Crippen molar-refractivity contribution in [2.24, 2.45) is 0 Å². The fourth-order valence-electron chi connectivity index (χ4n) is 3.58. The van der Waals surface area contributed by atoms with Crippen LogP contribution in [-0.4, -0.2) is 59.6 Å². The molecule has 7 nitrogen and oxygen atoms in total. The molecule has 1 N–H and O–H groups in total. The Morgan fingerprint density at radius 3 is 2.62 bits per heavy atom. The molecule has 0 saturated carbocycles. The van der Waals surface area contributed by atoms with Crippen LogP contribution in [0.1, 0.15) is 25.1 Å². The first-order chi connectivity index (χ1) is 12.0. The van der Waals surface area contributed by atoms with Crippen LogP contribution >= 0.6 is 0 Å². The van der Waals surface area contributed by atoms with Crippen molar-refractivity contribution < 1.29 is 22.2 Å². The molecule has 0 atom stereocenters. The van der Waals surface area contributed by atoms with Crippen LogP contribution in [0.15, 0.2) is 18.2 Å². The molecule has 0 bridgehead atoms. The topological polar surface area (TPSA) is 68.6 Å². The first-order valence-electron chi connectivity index (χ1n) is 9.19. The van der Waals surface area contributed by atoms with Crippen molar-refractivity contribution in [3.05, 3.63) is 34.1 Å². The highest BCUT2D eigenvalue weighted by molar-refractivity contribution is 5.78. The molecule has 1 aromatic carbocycles. The van der Waals surface area contributed by atoms with Gasteiger partial charge in [0.05, 0.1) is 36.6 Å². The van der Waals surface area contributed by atoms with Gasteiger partial charge in [-0.1, -0.05) is 0 Å². The van der Waals surface area contributed by atoms with Crippen molar-refractivity contribution >= 4 is 16.7 Å². The van der Waals surface area contributed by atoms with Crippen molar-refractivity contribution in [2.75, 3.05) is 40.3 Å². The van der Waals surface area contributed by atoms with E-state index in [1.165, 1.54) is 30.8 Å². The molecule has 2 heterocycles.